The average molecular weight is 286 g/mol. The van der Waals surface area contributed by atoms with Gasteiger partial charge in [0.25, 0.3) is 5.91 Å². The second-order valence-electron chi connectivity index (χ2n) is 5.19. The number of anilines is 1. The van der Waals surface area contributed by atoms with Crippen LogP contribution in [0.5, 0.6) is 0 Å². The lowest BCUT2D eigenvalue weighted by atomic mass is 9.96. The molecule has 0 saturated heterocycles. The van der Waals surface area contributed by atoms with E-state index >= 15 is 0 Å². The van der Waals surface area contributed by atoms with Crippen molar-refractivity contribution in [2.45, 2.75) is 25.2 Å². The van der Waals surface area contributed by atoms with E-state index in [2.05, 4.69) is 10.3 Å². The van der Waals surface area contributed by atoms with Gasteiger partial charge in [-0.1, -0.05) is 12.1 Å². The number of aliphatic carboxylic acids is 1. The SMILES string of the molecule is Cc1ncoc1C(=O)Nc1ccc(C2(C(=O)O)CC2)cc1. The molecule has 2 N–H and O–H groups in total. The van der Waals surface area contributed by atoms with Crippen molar-refractivity contribution in [2.24, 2.45) is 0 Å². The van der Waals surface area contributed by atoms with Gasteiger partial charge in [-0.3, -0.25) is 9.59 Å². The number of rotatable bonds is 4. The third-order valence-electron chi connectivity index (χ3n) is 3.81. The number of nitrogens with one attached hydrogen (secondary N) is 1. The van der Waals surface area contributed by atoms with E-state index in [1.807, 2.05) is 0 Å². The molecule has 1 aromatic heterocycles. The average Bonchev–Trinajstić information content (AvgIpc) is 3.16. The minimum Gasteiger partial charge on any atom is -0.481 e. The molecule has 21 heavy (non-hydrogen) atoms. The number of hydrogen-bond acceptors (Lipinski definition) is 4. The maximum Gasteiger partial charge on any atom is 0.314 e. The predicted octanol–water partition coefficient (Wildman–Crippen LogP) is 2.35. The van der Waals surface area contributed by atoms with E-state index in [1.165, 1.54) is 6.39 Å². The molecule has 0 radical (unpaired) electrons. The monoisotopic (exact) mass is 286 g/mol. The summed E-state index contributed by atoms with van der Waals surface area (Å²) >= 11 is 0. The first kappa shape index (κ1) is 13.4. The Balaban J connectivity index is 1.75. The maximum atomic E-state index is 12.0. The third-order valence-corrected chi connectivity index (χ3v) is 3.81. The Kier molecular flexibility index (Phi) is 3.01. The van der Waals surface area contributed by atoms with Crippen LogP contribution in [0.1, 0.15) is 34.7 Å². The summed E-state index contributed by atoms with van der Waals surface area (Å²) in [6.07, 6.45) is 2.54. The molecule has 0 spiro atoms. The maximum absolute atomic E-state index is 12.0. The van der Waals surface area contributed by atoms with Crippen LogP contribution in [-0.4, -0.2) is 22.0 Å². The van der Waals surface area contributed by atoms with Crippen LogP contribution in [0.3, 0.4) is 0 Å². The Morgan fingerprint density at radius 1 is 1.29 bits per heavy atom. The molecule has 6 heteroatoms. The Labute approximate surface area is 120 Å². The second-order valence-corrected chi connectivity index (χ2v) is 5.19. The van der Waals surface area contributed by atoms with Crippen molar-refractivity contribution in [3.05, 3.63) is 47.7 Å². The van der Waals surface area contributed by atoms with E-state index in [0.29, 0.717) is 24.2 Å². The molecule has 0 aliphatic heterocycles. The Morgan fingerprint density at radius 3 is 2.43 bits per heavy atom. The van der Waals surface area contributed by atoms with Crippen molar-refractivity contribution < 1.29 is 19.1 Å². The number of nitrogens with zero attached hydrogens (tertiary/aromatic N) is 1. The Bertz CT molecular complexity index is 699. The molecular weight excluding hydrogens is 272 g/mol. The summed E-state index contributed by atoms with van der Waals surface area (Å²) in [5, 5.41) is 11.9. The van der Waals surface area contributed by atoms with Crippen LogP contribution in [0.4, 0.5) is 5.69 Å². The molecule has 1 aliphatic rings. The minimum absolute atomic E-state index is 0.170. The fraction of sp³-hybridized carbons (Fsp3) is 0.267. The molecule has 3 rings (SSSR count). The summed E-state index contributed by atoms with van der Waals surface area (Å²) in [4.78, 5) is 27.1. The molecule has 1 fully saturated rings. The zero-order valence-electron chi connectivity index (χ0n) is 11.4. The number of oxazole rings is 1. The van der Waals surface area contributed by atoms with Crippen LogP contribution in [0.2, 0.25) is 0 Å². The van der Waals surface area contributed by atoms with Crippen molar-refractivity contribution in [2.75, 3.05) is 5.32 Å². The summed E-state index contributed by atoms with van der Waals surface area (Å²) < 4.78 is 5.02. The van der Waals surface area contributed by atoms with Crippen LogP contribution in [0.15, 0.2) is 35.1 Å². The smallest absolute Gasteiger partial charge is 0.314 e. The van der Waals surface area contributed by atoms with Gasteiger partial charge in [0.05, 0.1) is 11.1 Å². The van der Waals surface area contributed by atoms with Crippen molar-refractivity contribution >= 4 is 17.6 Å². The van der Waals surface area contributed by atoms with E-state index in [-0.39, 0.29) is 11.7 Å². The first-order valence-corrected chi connectivity index (χ1v) is 6.58. The van der Waals surface area contributed by atoms with E-state index in [4.69, 9.17) is 4.42 Å². The van der Waals surface area contributed by atoms with Gasteiger partial charge in [0.2, 0.25) is 5.76 Å². The molecule has 0 unspecified atom stereocenters. The quantitative estimate of drug-likeness (QED) is 0.900. The third kappa shape index (κ3) is 2.29. The molecule has 108 valence electrons. The van der Waals surface area contributed by atoms with Gasteiger partial charge in [-0.2, -0.15) is 0 Å². The number of hydrogen-bond donors (Lipinski definition) is 2. The lowest BCUT2D eigenvalue weighted by molar-refractivity contribution is -0.140. The van der Waals surface area contributed by atoms with E-state index in [9.17, 15) is 14.7 Å². The summed E-state index contributed by atoms with van der Waals surface area (Å²) in [7, 11) is 0. The van der Waals surface area contributed by atoms with Gasteiger partial charge in [0.15, 0.2) is 6.39 Å². The Hall–Kier alpha value is -2.63. The molecular formula is C15H14N2O4. The number of carboxylic acid groups (broad SMARTS) is 1. The number of carbonyl (C=O) groups is 2. The lowest BCUT2D eigenvalue weighted by Gasteiger charge is -2.11. The summed E-state index contributed by atoms with van der Waals surface area (Å²) in [5.41, 5.74) is 1.14. The van der Waals surface area contributed by atoms with Gasteiger partial charge in [0.1, 0.15) is 0 Å². The summed E-state index contributed by atoms with van der Waals surface area (Å²) in [6.45, 7) is 1.69. The van der Waals surface area contributed by atoms with Gasteiger partial charge in [0, 0.05) is 5.69 Å². The highest BCUT2D eigenvalue weighted by molar-refractivity contribution is 6.02. The van der Waals surface area contributed by atoms with E-state index in [0.717, 1.165) is 5.56 Å². The number of aromatic nitrogens is 1. The lowest BCUT2D eigenvalue weighted by Crippen LogP contribution is -2.19. The second kappa shape index (κ2) is 4.73. The normalized spacial score (nSPS) is 15.5. The molecule has 0 bridgehead atoms. The van der Waals surface area contributed by atoms with Crippen LogP contribution < -0.4 is 5.32 Å². The highest BCUT2D eigenvalue weighted by Crippen LogP contribution is 2.48. The number of amides is 1. The van der Waals surface area contributed by atoms with Gasteiger partial charge < -0.3 is 14.8 Å². The highest BCUT2D eigenvalue weighted by Gasteiger charge is 2.51. The fourth-order valence-electron chi connectivity index (χ4n) is 2.33. The summed E-state index contributed by atoms with van der Waals surface area (Å²) in [5.74, 6) is -1.00. The number of carboxylic acids is 1. The van der Waals surface area contributed by atoms with E-state index in [1.54, 1.807) is 31.2 Å². The van der Waals surface area contributed by atoms with Gasteiger partial charge in [-0.05, 0) is 37.5 Å². The molecule has 6 nitrogen and oxygen atoms in total. The van der Waals surface area contributed by atoms with Crippen LogP contribution >= 0.6 is 0 Å². The molecule has 1 aliphatic carbocycles. The van der Waals surface area contributed by atoms with Crippen molar-refractivity contribution in [3.8, 4) is 0 Å². The van der Waals surface area contributed by atoms with Gasteiger partial charge in [-0.25, -0.2) is 4.98 Å². The van der Waals surface area contributed by atoms with Crippen molar-refractivity contribution in [3.63, 3.8) is 0 Å². The molecule has 1 aromatic carbocycles. The number of aryl methyl sites for hydroxylation is 1. The largest absolute Gasteiger partial charge is 0.481 e. The topological polar surface area (TPSA) is 92.4 Å². The molecule has 1 saturated carbocycles. The summed E-state index contributed by atoms with van der Waals surface area (Å²) in [6, 6.07) is 6.87. The van der Waals surface area contributed by atoms with Gasteiger partial charge >= 0.3 is 5.97 Å². The minimum atomic E-state index is -0.795. The van der Waals surface area contributed by atoms with Crippen molar-refractivity contribution in [1.82, 2.24) is 4.98 Å². The predicted molar refractivity (Wildman–Crippen MR) is 74.2 cm³/mol. The molecule has 1 amide bonds. The first-order valence-electron chi connectivity index (χ1n) is 6.58. The van der Waals surface area contributed by atoms with Crippen molar-refractivity contribution in [1.29, 1.82) is 0 Å². The molecule has 2 aromatic rings. The first-order chi connectivity index (χ1) is 10.0. The number of benzene rings is 1. The van der Waals surface area contributed by atoms with Crippen LogP contribution in [0, 0.1) is 6.92 Å². The van der Waals surface area contributed by atoms with Crippen LogP contribution in [-0.2, 0) is 10.2 Å². The van der Waals surface area contributed by atoms with Gasteiger partial charge in [-0.15, -0.1) is 0 Å². The van der Waals surface area contributed by atoms with Crippen LogP contribution in [0.25, 0.3) is 0 Å². The van der Waals surface area contributed by atoms with E-state index < -0.39 is 11.4 Å². The highest BCUT2D eigenvalue weighted by atomic mass is 16.4. The standard InChI is InChI=1S/C15H14N2O4/c1-9-12(21-8-16-9)13(18)17-11-4-2-10(3-5-11)15(6-7-15)14(19)20/h2-5,8H,6-7H2,1H3,(H,17,18)(H,19,20). The Morgan fingerprint density at radius 2 is 1.95 bits per heavy atom. The zero-order chi connectivity index (χ0) is 15.0. The number of carbonyl (C=O) groups excluding carboxylic acids is 1. The molecule has 1 heterocycles. The fourth-order valence-corrected chi connectivity index (χ4v) is 2.33. The zero-order valence-corrected chi connectivity index (χ0v) is 11.4. The molecule has 0 atom stereocenters.